The van der Waals surface area contributed by atoms with Crippen molar-refractivity contribution in [2.24, 2.45) is 10.2 Å². The Morgan fingerprint density at radius 3 is 1.79 bits per heavy atom. The van der Waals surface area contributed by atoms with Crippen molar-refractivity contribution in [3.05, 3.63) is 45.4 Å². The predicted molar refractivity (Wildman–Crippen MR) is 75.4 cm³/mol. The fourth-order valence-electron chi connectivity index (χ4n) is 1.35. The van der Waals surface area contributed by atoms with E-state index in [1.54, 1.807) is 0 Å². The molecule has 2 aromatic carbocycles. The summed E-state index contributed by atoms with van der Waals surface area (Å²) >= 11 is 17.6. The number of halogens is 3. The summed E-state index contributed by atoms with van der Waals surface area (Å²) in [4.78, 5) is 0. The van der Waals surface area contributed by atoms with E-state index >= 15 is 0 Å². The molecule has 98 valence electrons. The number of azo groups is 1. The van der Waals surface area contributed by atoms with Crippen LogP contribution in [0.5, 0.6) is 11.5 Å². The average Bonchev–Trinajstić information content (AvgIpc) is 2.31. The maximum absolute atomic E-state index is 9.55. The smallest absolute Gasteiger partial charge is 0.169 e. The summed E-state index contributed by atoms with van der Waals surface area (Å²) in [7, 11) is 0. The van der Waals surface area contributed by atoms with Crippen molar-refractivity contribution < 1.29 is 10.2 Å². The van der Waals surface area contributed by atoms with E-state index in [1.165, 1.54) is 30.3 Å². The van der Waals surface area contributed by atoms with Crippen molar-refractivity contribution in [2.75, 3.05) is 0 Å². The van der Waals surface area contributed by atoms with E-state index in [4.69, 9.17) is 34.8 Å². The maximum Gasteiger partial charge on any atom is 0.169 e. The summed E-state index contributed by atoms with van der Waals surface area (Å²) in [6, 6.07) is 7.16. The Bertz CT molecular complexity index is 616. The van der Waals surface area contributed by atoms with Crippen molar-refractivity contribution in [3.8, 4) is 11.5 Å². The van der Waals surface area contributed by atoms with E-state index in [9.17, 15) is 10.2 Å². The summed E-state index contributed by atoms with van der Waals surface area (Å²) in [6.45, 7) is 0. The molecule has 0 aliphatic rings. The zero-order valence-corrected chi connectivity index (χ0v) is 11.6. The lowest BCUT2D eigenvalue weighted by Gasteiger charge is -2.03. The fraction of sp³-hybridized carbons (Fsp3) is 0. The monoisotopic (exact) mass is 316 g/mol. The average molecular weight is 318 g/mol. The topological polar surface area (TPSA) is 65.2 Å². The van der Waals surface area contributed by atoms with Crippen LogP contribution >= 0.6 is 34.8 Å². The molecule has 0 aliphatic heterocycles. The van der Waals surface area contributed by atoms with Gasteiger partial charge in [0.05, 0.1) is 10.0 Å². The number of rotatable bonds is 2. The van der Waals surface area contributed by atoms with E-state index in [-0.39, 0.29) is 32.9 Å². The minimum absolute atomic E-state index is 0.0652. The van der Waals surface area contributed by atoms with E-state index in [0.717, 1.165) is 0 Å². The van der Waals surface area contributed by atoms with Gasteiger partial charge in [-0.15, -0.1) is 10.2 Å². The van der Waals surface area contributed by atoms with Crippen LogP contribution < -0.4 is 0 Å². The molecule has 0 bridgehead atoms. The van der Waals surface area contributed by atoms with Gasteiger partial charge in [-0.3, -0.25) is 0 Å². The molecule has 19 heavy (non-hydrogen) atoms. The zero-order chi connectivity index (χ0) is 14.0. The third kappa shape index (κ3) is 3.10. The van der Waals surface area contributed by atoms with Crippen LogP contribution in [0, 0.1) is 0 Å². The van der Waals surface area contributed by atoms with Crippen molar-refractivity contribution in [3.63, 3.8) is 0 Å². The highest BCUT2D eigenvalue weighted by atomic mass is 35.5. The van der Waals surface area contributed by atoms with Gasteiger partial charge in [-0.05, 0) is 24.3 Å². The lowest BCUT2D eigenvalue weighted by atomic mass is 10.3. The van der Waals surface area contributed by atoms with Gasteiger partial charge in [0.2, 0.25) is 0 Å². The van der Waals surface area contributed by atoms with Crippen LogP contribution in [0.3, 0.4) is 0 Å². The Kier molecular flexibility index (Phi) is 4.14. The van der Waals surface area contributed by atoms with Gasteiger partial charge in [-0.1, -0.05) is 40.9 Å². The van der Waals surface area contributed by atoms with E-state index in [1.807, 2.05) is 0 Å². The highest BCUT2D eigenvalue weighted by molar-refractivity contribution is 6.41. The van der Waals surface area contributed by atoms with Gasteiger partial charge < -0.3 is 10.2 Å². The second kappa shape index (κ2) is 5.65. The molecule has 2 aromatic rings. The van der Waals surface area contributed by atoms with Gasteiger partial charge in [0, 0.05) is 5.02 Å². The van der Waals surface area contributed by atoms with Crippen LogP contribution in [0.15, 0.2) is 40.6 Å². The largest absolute Gasteiger partial charge is 0.505 e. The molecule has 0 amide bonds. The summed E-state index contributed by atoms with van der Waals surface area (Å²) in [5.74, 6) is -0.407. The van der Waals surface area contributed by atoms with Gasteiger partial charge in [0.15, 0.2) is 5.69 Å². The molecule has 0 spiro atoms. The first kappa shape index (κ1) is 13.9. The highest BCUT2D eigenvalue weighted by Crippen LogP contribution is 2.40. The molecule has 0 unspecified atom stereocenters. The molecule has 0 saturated carbocycles. The zero-order valence-electron chi connectivity index (χ0n) is 9.31. The Balaban J connectivity index is 2.44. The maximum atomic E-state index is 9.55. The number of hydrogen-bond donors (Lipinski definition) is 2. The quantitative estimate of drug-likeness (QED) is 0.721. The molecule has 0 fully saturated rings. The van der Waals surface area contributed by atoms with Gasteiger partial charge in [0.1, 0.15) is 17.2 Å². The van der Waals surface area contributed by atoms with Crippen LogP contribution in [-0.2, 0) is 0 Å². The standard InChI is InChI=1S/C12H7Cl3N2O2/c13-6-4-7(14)11(8(15)5-6)16-17-12-9(18)2-1-3-10(12)19/h1-5,18-19H. The Morgan fingerprint density at radius 2 is 1.26 bits per heavy atom. The highest BCUT2D eigenvalue weighted by Gasteiger charge is 2.09. The van der Waals surface area contributed by atoms with E-state index in [2.05, 4.69) is 10.2 Å². The van der Waals surface area contributed by atoms with Crippen LogP contribution in [0.2, 0.25) is 15.1 Å². The first-order chi connectivity index (χ1) is 8.99. The SMILES string of the molecule is Oc1cccc(O)c1N=Nc1c(Cl)cc(Cl)cc1Cl. The first-order valence-corrected chi connectivity index (χ1v) is 6.19. The lowest BCUT2D eigenvalue weighted by molar-refractivity contribution is 0.452. The van der Waals surface area contributed by atoms with Crippen molar-refractivity contribution in [2.45, 2.75) is 0 Å². The van der Waals surface area contributed by atoms with Gasteiger partial charge >= 0.3 is 0 Å². The number of hydrogen-bond acceptors (Lipinski definition) is 4. The minimum atomic E-state index is -0.204. The number of phenolic OH excluding ortho intramolecular Hbond substituents is 2. The number of nitrogens with zero attached hydrogens (tertiary/aromatic N) is 2. The number of aromatic hydroxyl groups is 2. The van der Waals surface area contributed by atoms with Crippen molar-refractivity contribution in [1.82, 2.24) is 0 Å². The second-order valence-corrected chi connectivity index (χ2v) is 4.81. The lowest BCUT2D eigenvalue weighted by Crippen LogP contribution is -1.74. The third-order valence-electron chi connectivity index (χ3n) is 2.23. The molecule has 0 heterocycles. The van der Waals surface area contributed by atoms with Crippen molar-refractivity contribution in [1.29, 1.82) is 0 Å². The molecule has 0 aromatic heterocycles. The molecule has 0 aliphatic carbocycles. The molecular formula is C12H7Cl3N2O2. The Morgan fingerprint density at radius 1 is 0.789 bits per heavy atom. The van der Waals surface area contributed by atoms with Crippen molar-refractivity contribution >= 4 is 46.2 Å². The Hall–Kier alpha value is -1.49. The predicted octanol–water partition coefficient (Wildman–Crippen LogP) is 5.47. The summed E-state index contributed by atoms with van der Waals surface area (Å²) in [5.41, 5.74) is 0.139. The molecule has 4 nitrogen and oxygen atoms in total. The second-order valence-electron chi connectivity index (χ2n) is 3.56. The molecule has 2 rings (SSSR count). The normalized spacial score (nSPS) is 11.1. The number of phenols is 2. The molecular weight excluding hydrogens is 311 g/mol. The molecule has 7 heteroatoms. The first-order valence-electron chi connectivity index (χ1n) is 5.06. The molecule has 0 saturated heterocycles. The fourth-order valence-corrected chi connectivity index (χ4v) is 2.24. The van der Waals surface area contributed by atoms with Gasteiger partial charge in [0.25, 0.3) is 0 Å². The summed E-state index contributed by atoms with van der Waals surface area (Å²) in [5, 5.41) is 27.5. The number of benzene rings is 2. The summed E-state index contributed by atoms with van der Waals surface area (Å²) in [6.07, 6.45) is 0. The van der Waals surface area contributed by atoms with E-state index < -0.39 is 0 Å². The van der Waals surface area contributed by atoms with Gasteiger partial charge in [-0.25, -0.2) is 0 Å². The molecule has 0 atom stereocenters. The van der Waals surface area contributed by atoms with Crippen LogP contribution in [-0.4, -0.2) is 10.2 Å². The van der Waals surface area contributed by atoms with Gasteiger partial charge in [-0.2, -0.15) is 0 Å². The van der Waals surface area contributed by atoms with Crippen LogP contribution in [0.1, 0.15) is 0 Å². The van der Waals surface area contributed by atoms with Crippen LogP contribution in [0.25, 0.3) is 0 Å². The minimum Gasteiger partial charge on any atom is -0.505 e. The van der Waals surface area contributed by atoms with E-state index in [0.29, 0.717) is 5.02 Å². The molecule has 2 N–H and O–H groups in total. The third-order valence-corrected chi connectivity index (χ3v) is 3.02. The summed E-state index contributed by atoms with van der Waals surface area (Å²) < 4.78 is 0. The molecule has 0 radical (unpaired) electrons. The van der Waals surface area contributed by atoms with Crippen LogP contribution in [0.4, 0.5) is 11.4 Å². The Labute approximate surface area is 123 Å².